The molecule has 2 aliphatic rings. The lowest BCUT2D eigenvalue weighted by Crippen LogP contribution is -2.21. The molecule has 0 bridgehead atoms. The van der Waals surface area contributed by atoms with Crippen molar-refractivity contribution in [2.75, 3.05) is 52.5 Å². The van der Waals surface area contributed by atoms with Gasteiger partial charge in [-0.25, -0.2) is 0 Å². The van der Waals surface area contributed by atoms with Crippen molar-refractivity contribution in [3.8, 4) is 11.5 Å². The molecule has 32 heavy (non-hydrogen) atoms. The van der Waals surface area contributed by atoms with Crippen molar-refractivity contribution in [2.45, 2.75) is 38.5 Å². The Kier molecular flexibility index (Phi) is 8.57. The van der Waals surface area contributed by atoms with Crippen molar-refractivity contribution in [3.63, 3.8) is 0 Å². The van der Waals surface area contributed by atoms with Gasteiger partial charge in [-0.1, -0.05) is 0 Å². The molecule has 0 N–H and O–H groups in total. The fourth-order valence-electron chi connectivity index (χ4n) is 4.54. The van der Waals surface area contributed by atoms with Gasteiger partial charge in [-0.15, -0.1) is 0 Å². The number of ether oxygens (including phenoxy) is 2. The molecule has 172 valence electrons. The van der Waals surface area contributed by atoms with Crippen LogP contribution in [0, 0.1) is 0 Å². The number of benzene rings is 2. The lowest BCUT2D eigenvalue weighted by atomic mass is 10.0. The zero-order valence-corrected chi connectivity index (χ0v) is 19.1. The van der Waals surface area contributed by atoms with Gasteiger partial charge >= 0.3 is 0 Å². The minimum atomic E-state index is 0.0196. The number of carbonyl (C=O) groups excluding carboxylic acids is 1. The standard InChI is InChI=1S/C27H36N2O3/c30-27(23-7-11-25(12-8-23)31-21-5-19-28-15-1-2-16-28)24-9-13-26(14-10-24)32-22-6-20-29-17-3-4-18-29/h7-14H,1-6,15-22H2. The van der Waals surface area contributed by atoms with E-state index in [9.17, 15) is 4.79 Å². The van der Waals surface area contributed by atoms with Crippen molar-refractivity contribution in [1.82, 2.24) is 9.80 Å². The third-order valence-corrected chi connectivity index (χ3v) is 6.41. The minimum absolute atomic E-state index is 0.0196. The Morgan fingerprint density at radius 3 is 1.38 bits per heavy atom. The van der Waals surface area contributed by atoms with Crippen molar-refractivity contribution >= 4 is 5.78 Å². The molecule has 2 saturated heterocycles. The first kappa shape index (κ1) is 22.8. The highest BCUT2D eigenvalue weighted by molar-refractivity contribution is 6.09. The fourth-order valence-corrected chi connectivity index (χ4v) is 4.54. The van der Waals surface area contributed by atoms with E-state index in [0.717, 1.165) is 37.4 Å². The van der Waals surface area contributed by atoms with Gasteiger partial charge in [0.2, 0.25) is 0 Å². The van der Waals surface area contributed by atoms with Crippen LogP contribution < -0.4 is 9.47 Å². The quantitative estimate of drug-likeness (QED) is 0.358. The smallest absolute Gasteiger partial charge is 0.193 e. The maximum Gasteiger partial charge on any atom is 0.193 e. The van der Waals surface area contributed by atoms with E-state index in [1.54, 1.807) is 0 Å². The molecule has 2 heterocycles. The Labute approximate surface area is 192 Å². The summed E-state index contributed by atoms with van der Waals surface area (Å²) in [6.07, 6.45) is 7.37. The zero-order valence-electron chi connectivity index (χ0n) is 19.1. The number of rotatable bonds is 12. The molecule has 0 saturated carbocycles. The third kappa shape index (κ3) is 6.81. The Balaban J connectivity index is 1.18. The van der Waals surface area contributed by atoms with Crippen LogP contribution in [0.2, 0.25) is 0 Å². The average Bonchev–Trinajstić information content (AvgIpc) is 3.54. The number of ketones is 1. The molecule has 0 atom stereocenters. The van der Waals surface area contributed by atoms with Crippen molar-refractivity contribution in [3.05, 3.63) is 59.7 Å². The van der Waals surface area contributed by atoms with Crippen LogP contribution >= 0.6 is 0 Å². The van der Waals surface area contributed by atoms with E-state index in [0.29, 0.717) is 24.3 Å². The second-order valence-electron chi connectivity index (χ2n) is 8.88. The SMILES string of the molecule is O=C(c1ccc(OCCCN2CCCC2)cc1)c1ccc(OCCCN2CCCC2)cc1. The van der Waals surface area contributed by atoms with Crippen LogP contribution in [-0.2, 0) is 0 Å². The molecule has 2 aromatic rings. The first-order valence-corrected chi connectivity index (χ1v) is 12.2. The van der Waals surface area contributed by atoms with Gasteiger partial charge in [0.15, 0.2) is 5.78 Å². The summed E-state index contributed by atoms with van der Waals surface area (Å²) >= 11 is 0. The summed E-state index contributed by atoms with van der Waals surface area (Å²) in [4.78, 5) is 17.8. The van der Waals surface area contributed by atoms with Gasteiger partial charge in [-0.3, -0.25) is 4.79 Å². The molecule has 0 aliphatic carbocycles. The van der Waals surface area contributed by atoms with Gasteiger partial charge in [0.25, 0.3) is 0 Å². The maximum atomic E-state index is 12.8. The summed E-state index contributed by atoms with van der Waals surface area (Å²) in [5.74, 6) is 1.66. The van der Waals surface area contributed by atoms with Crippen molar-refractivity contribution < 1.29 is 14.3 Å². The molecular weight excluding hydrogens is 400 g/mol. The largest absolute Gasteiger partial charge is 0.494 e. The monoisotopic (exact) mass is 436 g/mol. The molecule has 2 fully saturated rings. The Bertz CT molecular complexity index is 753. The summed E-state index contributed by atoms with van der Waals surface area (Å²) in [7, 11) is 0. The topological polar surface area (TPSA) is 42.0 Å². The van der Waals surface area contributed by atoms with Gasteiger partial charge in [-0.2, -0.15) is 0 Å². The second-order valence-corrected chi connectivity index (χ2v) is 8.88. The maximum absolute atomic E-state index is 12.8. The number of nitrogens with zero attached hydrogens (tertiary/aromatic N) is 2. The molecule has 4 rings (SSSR count). The zero-order chi connectivity index (χ0) is 22.0. The first-order valence-electron chi connectivity index (χ1n) is 12.2. The van der Waals surface area contributed by atoms with Crippen LogP contribution in [0.5, 0.6) is 11.5 Å². The normalized spacial score (nSPS) is 17.0. The highest BCUT2D eigenvalue weighted by atomic mass is 16.5. The Hall–Kier alpha value is -2.37. The van der Waals surface area contributed by atoms with Crippen LogP contribution in [0.3, 0.4) is 0 Å². The van der Waals surface area contributed by atoms with E-state index < -0.39 is 0 Å². The lowest BCUT2D eigenvalue weighted by molar-refractivity contribution is 0.103. The van der Waals surface area contributed by atoms with Crippen LogP contribution in [0.25, 0.3) is 0 Å². The van der Waals surface area contributed by atoms with Crippen LogP contribution in [0.15, 0.2) is 48.5 Å². The lowest BCUT2D eigenvalue weighted by Gasteiger charge is -2.14. The van der Waals surface area contributed by atoms with Crippen molar-refractivity contribution in [1.29, 1.82) is 0 Å². The summed E-state index contributed by atoms with van der Waals surface area (Å²) in [5, 5.41) is 0. The average molecular weight is 437 g/mol. The number of hydrogen-bond donors (Lipinski definition) is 0. The molecule has 0 unspecified atom stereocenters. The summed E-state index contributed by atoms with van der Waals surface area (Å²) < 4.78 is 11.7. The van der Waals surface area contributed by atoms with Crippen LogP contribution in [0.4, 0.5) is 0 Å². The molecule has 2 aromatic carbocycles. The first-order chi connectivity index (χ1) is 15.8. The van der Waals surface area contributed by atoms with E-state index >= 15 is 0 Å². The van der Waals surface area contributed by atoms with Crippen LogP contribution in [0.1, 0.15) is 54.4 Å². The van der Waals surface area contributed by atoms with E-state index in [1.807, 2.05) is 48.5 Å². The second kappa shape index (κ2) is 12.0. The van der Waals surface area contributed by atoms with E-state index in [2.05, 4.69) is 9.80 Å². The van der Waals surface area contributed by atoms with E-state index in [4.69, 9.17) is 9.47 Å². The molecule has 2 aliphatic heterocycles. The van der Waals surface area contributed by atoms with Gasteiger partial charge in [0.05, 0.1) is 13.2 Å². The summed E-state index contributed by atoms with van der Waals surface area (Å²) in [6.45, 7) is 8.53. The molecule has 0 radical (unpaired) electrons. The van der Waals surface area contributed by atoms with Gasteiger partial charge in [-0.05, 0) is 113 Å². The predicted octanol–water partition coefficient (Wildman–Crippen LogP) is 4.65. The number of likely N-dealkylation sites (tertiary alicyclic amines) is 2. The van der Waals surface area contributed by atoms with Crippen LogP contribution in [-0.4, -0.2) is 68.1 Å². The highest BCUT2D eigenvalue weighted by Crippen LogP contribution is 2.19. The van der Waals surface area contributed by atoms with Crippen molar-refractivity contribution in [2.24, 2.45) is 0 Å². The molecule has 0 aromatic heterocycles. The minimum Gasteiger partial charge on any atom is -0.494 e. The Morgan fingerprint density at radius 2 is 1.00 bits per heavy atom. The van der Waals surface area contributed by atoms with Gasteiger partial charge in [0, 0.05) is 24.2 Å². The summed E-state index contributed by atoms with van der Waals surface area (Å²) in [6, 6.07) is 15.0. The van der Waals surface area contributed by atoms with Gasteiger partial charge in [0.1, 0.15) is 11.5 Å². The van der Waals surface area contributed by atoms with E-state index in [-0.39, 0.29) is 5.78 Å². The fraction of sp³-hybridized carbons (Fsp3) is 0.519. The number of hydrogen-bond acceptors (Lipinski definition) is 5. The molecule has 0 amide bonds. The Morgan fingerprint density at radius 1 is 0.625 bits per heavy atom. The number of carbonyl (C=O) groups is 1. The molecular formula is C27H36N2O3. The molecule has 5 nitrogen and oxygen atoms in total. The molecule has 0 spiro atoms. The summed E-state index contributed by atoms with van der Waals surface area (Å²) in [5.41, 5.74) is 1.35. The highest BCUT2D eigenvalue weighted by Gasteiger charge is 2.12. The predicted molar refractivity (Wildman–Crippen MR) is 128 cm³/mol. The van der Waals surface area contributed by atoms with E-state index in [1.165, 1.54) is 51.9 Å². The molecule has 5 heteroatoms. The van der Waals surface area contributed by atoms with Gasteiger partial charge < -0.3 is 19.3 Å². The third-order valence-electron chi connectivity index (χ3n) is 6.41.